The molecule has 2 heterocycles. The summed E-state index contributed by atoms with van der Waals surface area (Å²) >= 11 is 7.60. The molecule has 1 aliphatic heterocycles. The summed E-state index contributed by atoms with van der Waals surface area (Å²) in [4.78, 5) is 1.20. The van der Waals surface area contributed by atoms with Gasteiger partial charge in [-0.2, -0.15) is 0 Å². The Morgan fingerprint density at radius 2 is 1.67 bits per heavy atom. The van der Waals surface area contributed by atoms with Gasteiger partial charge in [-0.25, -0.2) is 18.6 Å². The van der Waals surface area contributed by atoms with E-state index in [0.29, 0.717) is 21.7 Å². The molecule has 0 radical (unpaired) electrons. The molecule has 8 heteroatoms. The summed E-state index contributed by atoms with van der Waals surface area (Å²) in [5.74, 6) is -3.17. The second kappa shape index (κ2) is 7.74. The molecule has 3 aromatic rings. The van der Waals surface area contributed by atoms with Crippen LogP contribution < -0.4 is 10.4 Å². The topological polar surface area (TPSA) is 35.5 Å². The van der Waals surface area contributed by atoms with Gasteiger partial charge in [-0.1, -0.05) is 23.7 Å². The van der Waals surface area contributed by atoms with Crippen LogP contribution in [-0.2, 0) is 0 Å². The van der Waals surface area contributed by atoms with Gasteiger partial charge in [0.05, 0.1) is 32.9 Å². The highest BCUT2D eigenvalue weighted by Gasteiger charge is 2.35. The Bertz CT molecular complexity index is 1140. The summed E-state index contributed by atoms with van der Waals surface area (Å²) in [7, 11) is 0. The number of halogens is 4. The quantitative estimate of drug-likeness (QED) is 0.479. The lowest BCUT2D eigenvalue weighted by Crippen LogP contribution is -2.48. The molecular formula is C22H18ClF3N2OS. The summed E-state index contributed by atoms with van der Waals surface area (Å²) in [5, 5.41) is 12.8. The SMILES string of the molecule is CC(C)(O)C1C=C(c2ccc(-c3cc(F)c(F)cc3F)s2)N(c2ccccc2Cl)N1. The van der Waals surface area contributed by atoms with Gasteiger partial charge in [0.2, 0.25) is 0 Å². The summed E-state index contributed by atoms with van der Waals surface area (Å²) in [6.45, 7) is 3.37. The Hall–Kier alpha value is -2.32. The van der Waals surface area contributed by atoms with Gasteiger partial charge >= 0.3 is 0 Å². The number of nitrogens with zero attached hydrogens (tertiary/aromatic N) is 1. The highest BCUT2D eigenvalue weighted by atomic mass is 35.5. The predicted molar refractivity (Wildman–Crippen MR) is 115 cm³/mol. The lowest BCUT2D eigenvalue weighted by atomic mass is 9.99. The Kier molecular flexibility index (Phi) is 5.40. The van der Waals surface area contributed by atoms with Crippen molar-refractivity contribution in [3.63, 3.8) is 0 Å². The summed E-state index contributed by atoms with van der Waals surface area (Å²) in [6.07, 6.45) is 1.86. The summed E-state index contributed by atoms with van der Waals surface area (Å²) < 4.78 is 41.2. The van der Waals surface area contributed by atoms with Crippen molar-refractivity contribution in [1.29, 1.82) is 0 Å². The van der Waals surface area contributed by atoms with Gasteiger partial charge in [0.1, 0.15) is 5.82 Å². The molecule has 0 amide bonds. The zero-order valence-electron chi connectivity index (χ0n) is 16.1. The van der Waals surface area contributed by atoms with Gasteiger partial charge in [0, 0.05) is 16.5 Å². The van der Waals surface area contributed by atoms with Gasteiger partial charge < -0.3 is 5.11 Å². The standard InChI is InChI=1S/C22H18ClF3N2OS/c1-22(2,29)21-11-18(28(27-21)17-6-4-3-5-13(17)23)20-8-7-19(30-20)12-9-15(25)16(26)10-14(12)24/h3-11,21,27,29H,1-2H3. The molecule has 0 saturated carbocycles. The van der Waals surface area contributed by atoms with E-state index in [2.05, 4.69) is 5.43 Å². The second-order valence-electron chi connectivity index (χ2n) is 7.51. The smallest absolute Gasteiger partial charge is 0.161 e. The number of hydrogen-bond donors (Lipinski definition) is 2. The van der Waals surface area contributed by atoms with E-state index in [1.165, 1.54) is 11.3 Å². The van der Waals surface area contributed by atoms with Gasteiger partial charge in [-0.3, -0.25) is 5.01 Å². The molecule has 4 rings (SSSR count). The maximum atomic E-state index is 14.2. The van der Waals surface area contributed by atoms with E-state index in [4.69, 9.17) is 11.6 Å². The molecule has 3 nitrogen and oxygen atoms in total. The van der Waals surface area contributed by atoms with Crippen molar-refractivity contribution in [2.75, 3.05) is 5.01 Å². The molecule has 0 bridgehead atoms. The van der Waals surface area contributed by atoms with Crippen LogP contribution >= 0.6 is 22.9 Å². The molecule has 1 unspecified atom stereocenters. The fraction of sp³-hybridized carbons (Fsp3) is 0.182. The van der Waals surface area contributed by atoms with Crippen LogP contribution in [0.5, 0.6) is 0 Å². The highest BCUT2D eigenvalue weighted by molar-refractivity contribution is 7.16. The van der Waals surface area contributed by atoms with Crippen molar-refractivity contribution in [3.8, 4) is 10.4 Å². The Morgan fingerprint density at radius 3 is 2.37 bits per heavy atom. The first kappa shape index (κ1) is 20.9. The lowest BCUT2D eigenvalue weighted by Gasteiger charge is -2.29. The maximum Gasteiger partial charge on any atom is 0.161 e. The molecule has 1 aromatic heterocycles. The van der Waals surface area contributed by atoms with Crippen LogP contribution in [-0.4, -0.2) is 16.7 Å². The van der Waals surface area contributed by atoms with E-state index in [0.717, 1.165) is 16.6 Å². The van der Waals surface area contributed by atoms with Crippen LogP contribution in [0.1, 0.15) is 18.7 Å². The van der Waals surface area contributed by atoms with E-state index in [1.807, 2.05) is 24.3 Å². The molecule has 0 saturated heterocycles. The number of aliphatic hydroxyl groups is 1. The van der Waals surface area contributed by atoms with E-state index in [9.17, 15) is 18.3 Å². The van der Waals surface area contributed by atoms with E-state index >= 15 is 0 Å². The monoisotopic (exact) mass is 450 g/mol. The molecule has 30 heavy (non-hydrogen) atoms. The predicted octanol–water partition coefficient (Wildman–Crippen LogP) is 5.99. The number of rotatable bonds is 4. The number of benzene rings is 2. The zero-order chi connectivity index (χ0) is 21.6. The van der Waals surface area contributed by atoms with E-state index in [1.54, 1.807) is 37.1 Å². The van der Waals surface area contributed by atoms with E-state index < -0.39 is 29.1 Å². The van der Waals surface area contributed by atoms with Crippen LogP contribution in [0.15, 0.2) is 54.6 Å². The highest BCUT2D eigenvalue weighted by Crippen LogP contribution is 2.40. The first-order chi connectivity index (χ1) is 14.1. The molecule has 156 valence electrons. The second-order valence-corrected chi connectivity index (χ2v) is 9.00. The number of thiophene rings is 1. The van der Waals surface area contributed by atoms with Crippen LogP contribution in [0, 0.1) is 17.5 Å². The van der Waals surface area contributed by atoms with E-state index in [-0.39, 0.29) is 5.56 Å². The number of hydrazine groups is 1. The molecule has 2 N–H and O–H groups in total. The third kappa shape index (κ3) is 3.86. The van der Waals surface area contributed by atoms with Gasteiger partial charge in [-0.05, 0) is 50.3 Å². The Balaban J connectivity index is 1.77. The van der Waals surface area contributed by atoms with Crippen molar-refractivity contribution in [1.82, 2.24) is 5.43 Å². The van der Waals surface area contributed by atoms with Crippen LogP contribution in [0.25, 0.3) is 16.1 Å². The minimum atomic E-state index is -1.23. The van der Waals surface area contributed by atoms with Crippen LogP contribution in [0.4, 0.5) is 18.9 Å². The zero-order valence-corrected chi connectivity index (χ0v) is 17.7. The maximum absolute atomic E-state index is 14.2. The minimum absolute atomic E-state index is 0.0139. The van der Waals surface area contributed by atoms with Crippen LogP contribution in [0.2, 0.25) is 5.02 Å². The first-order valence-corrected chi connectivity index (χ1v) is 10.3. The van der Waals surface area contributed by atoms with Crippen LogP contribution in [0.3, 0.4) is 0 Å². The summed E-state index contributed by atoms with van der Waals surface area (Å²) in [5.41, 5.74) is 3.57. The van der Waals surface area contributed by atoms with Crippen molar-refractivity contribution in [2.45, 2.75) is 25.5 Å². The molecular weight excluding hydrogens is 433 g/mol. The molecule has 1 atom stereocenters. The largest absolute Gasteiger partial charge is 0.388 e. The molecule has 2 aromatic carbocycles. The minimum Gasteiger partial charge on any atom is -0.388 e. The summed E-state index contributed by atoms with van der Waals surface area (Å²) in [6, 6.07) is 11.7. The van der Waals surface area contributed by atoms with Crippen molar-refractivity contribution >= 4 is 34.3 Å². The molecule has 0 spiro atoms. The van der Waals surface area contributed by atoms with Crippen molar-refractivity contribution in [2.24, 2.45) is 0 Å². The van der Waals surface area contributed by atoms with Gasteiger partial charge in [-0.15, -0.1) is 11.3 Å². The van der Waals surface area contributed by atoms with Gasteiger partial charge in [0.25, 0.3) is 0 Å². The molecule has 0 fully saturated rings. The number of para-hydroxylation sites is 1. The Morgan fingerprint density at radius 1 is 1.00 bits per heavy atom. The average Bonchev–Trinajstić information content (AvgIpc) is 3.32. The van der Waals surface area contributed by atoms with Crippen molar-refractivity contribution < 1.29 is 18.3 Å². The van der Waals surface area contributed by atoms with Gasteiger partial charge in [0.15, 0.2) is 11.6 Å². The Labute approximate surface area is 181 Å². The number of nitrogens with one attached hydrogen (secondary N) is 1. The normalized spacial score (nSPS) is 16.8. The van der Waals surface area contributed by atoms with Crippen molar-refractivity contribution in [3.05, 3.63) is 82.0 Å². The average molecular weight is 451 g/mol. The fourth-order valence-electron chi connectivity index (χ4n) is 3.20. The number of hydrogen-bond acceptors (Lipinski definition) is 4. The third-order valence-corrected chi connectivity index (χ3v) is 6.28. The first-order valence-electron chi connectivity index (χ1n) is 9.15. The third-order valence-electron chi connectivity index (χ3n) is 4.82. The lowest BCUT2D eigenvalue weighted by molar-refractivity contribution is 0.0573. The fourth-order valence-corrected chi connectivity index (χ4v) is 4.46. The molecule has 0 aliphatic carbocycles. The number of anilines is 1. The molecule has 1 aliphatic rings.